The van der Waals surface area contributed by atoms with Crippen LogP contribution >= 0.6 is 0 Å². The molecular formula is C23H19NO4. The van der Waals surface area contributed by atoms with Gasteiger partial charge in [0, 0.05) is 10.9 Å². The summed E-state index contributed by atoms with van der Waals surface area (Å²) >= 11 is 0. The van der Waals surface area contributed by atoms with Crippen molar-refractivity contribution in [1.29, 1.82) is 0 Å². The second-order valence-corrected chi connectivity index (χ2v) is 6.74. The number of hydrogen-bond donors (Lipinski definition) is 2. The number of ketones is 2. The fraction of sp³-hybridized carbons (Fsp3) is 0.0870. The molecule has 0 fully saturated rings. The smallest absolute Gasteiger partial charge is 0.409 e. The van der Waals surface area contributed by atoms with E-state index in [1.807, 2.05) is 30.3 Å². The number of allylic oxidation sites excluding steroid dienone is 2. The number of carbonyl (C=O) groups is 3. The summed E-state index contributed by atoms with van der Waals surface area (Å²) in [4.78, 5) is 37.2. The molecule has 1 amide bonds. The van der Waals surface area contributed by atoms with E-state index in [4.69, 9.17) is 0 Å². The van der Waals surface area contributed by atoms with Gasteiger partial charge in [0.05, 0.1) is 11.3 Å². The minimum absolute atomic E-state index is 0.00863. The van der Waals surface area contributed by atoms with Crippen molar-refractivity contribution in [2.45, 2.75) is 13.8 Å². The van der Waals surface area contributed by atoms with Crippen molar-refractivity contribution in [3.05, 3.63) is 77.9 Å². The van der Waals surface area contributed by atoms with Gasteiger partial charge in [0.25, 0.3) is 0 Å². The maximum atomic E-state index is 12.9. The molecule has 140 valence electrons. The van der Waals surface area contributed by atoms with E-state index in [2.05, 4.69) is 18.5 Å². The molecule has 3 rings (SSSR count). The van der Waals surface area contributed by atoms with Gasteiger partial charge in [-0.15, -0.1) is 0 Å². The first-order chi connectivity index (χ1) is 13.2. The summed E-state index contributed by atoms with van der Waals surface area (Å²) in [5.74, 6) is -0.920. The Morgan fingerprint density at radius 3 is 1.96 bits per heavy atom. The standard InChI is InChI=1S/C23H19NO4/c1-12(2)21(25)18-11-16-9-14-7-5-6-8-15(14)10-17(16)20(24-23(27)28)19(18)22(26)13(3)4/h5-11,24H,1,3H2,2,4H3,(H,27,28). The van der Waals surface area contributed by atoms with Gasteiger partial charge in [-0.1, -0.05) is 37.4 Å². The first-order valence-electron chi connectivity index (χ1n) is 8.60. The molecule has 0 aliphatic heterocycles. The molecule has 0 heterocycles. The molecule has 3 aromatic rings. The Bertz CT molecular complexity index is 1200. The van der Waals surface area contributed by atoms with Gasteiger partial charge in [0.1, 0.15) is 0 Å². The van der Waals surface area contributed by atoms with Crippen molar-refractivity contribution in [1.82, 2.24) is 0 Å². The monoisotopic (exact) mass is 373 g/mol. The molecule has 0 unspecified atom stereocenters. The van der Waals surface area contributed by atoms with E-state index in [1.165, 1.54) is 6.92 Å². The lowest BCUT2D eigenvalue weighted by Gasteiger charge is -2.17. The Morgan fingerprint density at radius 2 is 1.43 bits per heavy atom. The number of rotatable bonds is 5. The normalized spacial score (nSPS) is 10.6. The topological polar surface area (TPSA) is 83.5 Å². The first kappa shape index (κ1) is 19.0. The van der Waals surface area contributed by atoms with Crippen molar-refractivity contribution in [2.75, 3.05) is 5.32 Å². The third-order valence-corrected chi connectivity index (χ3v) is 4.49. The van der Waals surface area contributed by atoms with Gasteiger partial charge < -0.3 is 5.11 Å². The molecule has 5 nitrogen and oxygen atoms in total. The van der Waals surface area contributed by atoms with Gasteiger partial charge in [0.15, 0.2) is 11.6 Å². The molecule has 0 aliphatic carbocycles. The highest BCUT2D eigenvalue weighted by Crippen LogP contribution is 2.36. The molecule has 5 heteroatoms. The molecule has 0 saturated carbocycles. The summed E-state index contributed by atoms with van der Waals surface area (Å²) in [5, 5.41) is 14.7. The van der Waals surface area contributed by atoms with Crippen LogP contribution in [-0.4, -0.2) is 22.8 Å². The highest BCUT2D eigenvalue weighted by atomic mass is 16.4. The minimum Gasteiger partial charge on any atom is -0.465 e. The highest BCUT2D eigenvalue weighted by molar-refractivity contribution is 6.26. The van der Waals surface area contributed by atoms with Crippen LogP contribution in [0.3, 0.4) is 0 Å². The second-order valence-electron chi connectivity index (χ2n) is 6.74. The van der Waals surface area contributed by atoms with Gasteiger partial charge in [-0.2, -0.15) is 0 Å². The van der Waals surface area contributed by atoms with Crippen molar-refractivity contribution in [2.24, 2.45) is 0 Å². The van der Waals surface area contributed by atoms with Crippen molar-refractivity contribution >= 4 is 44.9 Å². The molecule has 0 radical (unpaired) electrons. The number of benzene rings is 3. The molecular weight excluding hydrogens is 354 g/mol. The Labute approximate surface area is 162 Å². The van der Waals surface area contributed by atoms with Crippen LogP contribution in [0.4, 0.5) is 10.5 Å². The molecule has 0 bridgehead atoms. The van der Waals surface area contributed by atoms with Crippen LogP contribution in [0.25, 0.3) is 21.5 Å². The van der Waals surface area contributed by atoms with Crippen LogP contribution in [0.5, 0.6) is 0 Å². The van der Waals surface area contributed by atoms with Gasteiger partial charge in [-0.3, -0.25) is 14.9 Å². The van der Waals surface area contributed by atoms with E-state index in [9.17, 15) is 19.5 Å². The van der Waals surface area contributed by atoms with E-state index in [-0.39, 0.29) is 28.0 Å². The zero-order valence-electron chi connectivity index (χ0n) is 15.6. The molecule has 28 heavy (non-hydrogen) atoms. The largest absolute Gasteiger partial charge is 0.465 e. The van der Waals surface area contributed by atoms with Crippen molar-refractivity contribution in [3.63, 3.8) is 0 Å². The summed E-state index contributed by atoms with van der Waals surface area (Å²) in [5.41, 5.74) is 0.618. The highest BCUT2D eigenvalue weighted by Gasteiger charge is 2.25. The Kier molecular flexibility index (Phi) is 4.84. The van der Waals surface area contributed by atoms with E-state index < -0.39 is 17.7 Å². The van der Waals surface area contributed by atoms with Gasteiger partial charge in [-0.25, -0.2) is 4.79 Å². The van der Waals surface area contributed by atoms with Gasteiger partial charge in [0.2, 0.25) is 0 Å². The number of fused-ring (bicyclic) bond motifs is 2. The molecule has 0 saturated heterocycles. The van der Waals surface area contributed by atoms with E-state index in [0.29, 0.717) is 10.8 Å². The average Bonchev–Trinajstić information content (AvgIpc) is 2.64. The number of nitrogens with one attached hydrogen (secondary N) is 1. The van der Waals surface area contributed by atoms with Crippen molar-refractivity contribution in [3.8, 4) is 0 Å². The molecule has 0 spiro atoms. The lowest BCUT2D eigenvalue weighted by atomic mass is 9.88. The fourth-order valence-electron chi connectivity index (χ4n) is 3.19. The number of amides is 1. The minimum atomic E-state index is -1.33. The Balaban J connectivity index is 2.53. The Morgan fingerprint density at radius 1 is 0.857 bits per heavy atom. The van der Waals surface area contributed by atoms with Crippen LogP contribution in [0.2, 0.25) is 0 Å². The van der Waals surface area contributed by atoms with Gasteiger partial charge in [-0.05, 0) is 59.4 Å². The first-order valence-corrected chi connectivity index (χ1v) is 8.60. The van der Waals surface area contributed by atoms with Crippen LogP contribution < -0.4 is 5.32 Å². The third-order valence-electron chi connectivity index (χ3n) is 4.49. The van der Waals surface area contributed by atoms with Crippen molar-refractivity contribution < 1.29 is 19.5 Å². The fourth-order valence-corrected chi connectivity index (χ4v) is 3.19. The van der Waals surface area contributed by atoms with E-state index in [0.717, 1.165) is 10.8 Å². The Hall–Kier alpha value is -3.73. The number of carbonyl (C=O) groups excluding carboxylic acids is 2. The maximum absolute atomic E-state index is 12.9. The summed E-state index contributed by atoms with van der Waals surface area (Å²) < 4.78 is 0. The summed E-state index contributed by atoms with van der Waals surface area (Å²) in [7, 11) is 0. The lowest BCUT2D eigenvalue weighted by Crippen LogP contribution is -2.17. The van der Waals surface area contributed by atoms with Crippen LogP contribution in [0.15, 0.2) is 66.8 Å². The summed E-state index contributed by atoms with van der Waals surface area (Å²) in [6.45, 7) is 10.4. The van der Waals surface area contributed by atoms with Gasteiger partial charge >= 0.3 is 6.09 Å². The molecule has 3 aromatic carbocycles. The zero-order valence-corrected chi connectivity index (χ0v) is 15.6. The zero-order chi connectivity index (χ0) is 20.6. The quantitative estimate of drug-likeness (QED) is 0.346. The van der Waals surface area contributed by atoms with Crippen LogP contribution in [-0.2, 0) is 0 Å². The van der Waals surface area contributed by atoms with Crippen LogP contribution in [0.1, 0.15) is 34.6 Å². The molecule has 2 N–H and O–H groups in total. The number of anilines is 1. The number of hydrogen-bond acceptors (Lipinski definition) is 3. The van der Waals surface area contributed by atoms with Crippen LogP contribution in [0, 0.1) is 0 Å². The maximum Gasteiger partial charge on any atom is 0.409 e. The number of Topliss-reactive ketones (excluding diaryl/α,β-unsaturated/α-hetero) is 2. The predicted octanol–water partition coefficient (Wildman–Crippen LogP) is 5.60. The molecule has 0 aromatic heterocycles. The molecule has 0 atom stereocenters. The predicted molar refractivity (Wildman–Crippen MR) is 111 cm³/mol. The summed E-state index contributed by atoms with van der Waals surface area (Å²) in [6, 6.07) is 12.9. The second kappa shape index (κ2) is 7.12. The lowest BCUT2D eigenvalue weighted by molar-refractivity contribution is 0.1000. The van der Waals surface area contributed by atoms with E-state index in [1.54, 1.807) is 19.1 Å². The third kappa shape index (κ3) is 3.30. The average molecular weight is 373 g/mol. The number of carboxylic acid groups (broad SMARTS) is 1. The van der Waals surface area contributed by atoms with E-state index >= 15 is 0 Å². The molecule has 0 aliphatic rings. The summed E-state index contributed by atoms with van der Waals surface area (Å²) in [6.07, 6.45) is -1.33. The SMILES string of the molecule is C=C(C)C(=O)c1cc2cc3ccccc3cc2c(NC(=O)O)c1C(=O)C(=C)C.